The van der Waals surface area contributed by atoms with Crippen molar-refractivity contribution in [2.24, 2.45) is 17.0 Å². The number of nitrogens with zero attached hydrogens (tertiary/aromatic N) is 1. The number of pyridine rings is 1. The first-order valence-corrected chi connectivity index (χ1v) is 11.3. The normalized spacial score (nSPS) is 21.5. The van der Waals surface area contributed by atoms with Crippen molar-refractivity contribution in [3.8, 4) is 5.75 Å². The summed E-state index contributed by atoms with van der Waals surface area (Å²) in [5.41, 5.74) is 0.0151. The summed E-state index contributed by atoms with van der Waals surface area (Å²) in [5.74, 6) is -7.83. The summed E-state index contributed by atoms with van der Waals surface area (Å²) in [6, 6.07) is 4.20. The number of aromatic nitrogens is 1. The van der Waals surface area contributed by atoms with Crippen molar-refractivity contribution in [2.45, 2.75) is 36.4 Å². The molecule has 0 radical (unpaired) electrons. The molecule has 1 saturated carbocycles. The minimum atomic E-state index is -4.56. The summed E-state index contributed by atoms with van der Waals surface area (Å²) in [5, 5.41) is 6.85. The van der Waals surface area contributed by atoms with E-state index in [1.54, 1.807) is 0 Å². The lowest BCUT2D eigenvalue weighted by Crippen LogP contribution is -2.38. The van der Waals surface area contributed by atoms with Crippen LogP contribution >= 0.6 is 0 Å². The Hall–Kier alpha value is -2.80. The highest BCUT2D eigenvalue weighted by molar-refractivity contribution is 7.89. The molecule has 1 aromatic heterocycles. The van der Waals surface area contributed by atoms with Gasteiger partial charge < -0.3 is 10.1 Å². The number of halogens is 5. The highest BCUT2D eigenvalue weighted by Gasteiger charge is 2.47. The fourth-order valence-electron chi connectivity index (χ4n) is 4.05. The molecule has 1 fully saturated rings. The van der Waals surface area contributed by atoms with Crippen molar-refractivity contribution in [1.82, 2.24) is 4.98 Å². The lowest BCUT2D eigenvalue weighted by Gasteiger charge is -2.36. The van der Waals surface area contributed by atoms with E-state index in [4.69, 9.17) is 9.88 Å². The molecule has 1 aliphatic carbocycles. The molecule has 3 N–H and O–H groups in total. The second-order valence-electron chi connectivity index (χ2n) is 7.67. The van der Waals surface area contributed by atoms with Gasteiger partial charge in [-0.15, -0.1) is 0 Å². The topological polar surface area (TPSA) is 111 Å². The van der Waals surface area contributed by atoms with E-state index in [1.807, 2.05) is 0 Å². The van der Waals surface area contributed by atoms with E-state index in [1.165, 1.54) is 12.1 Å². The van der Waals surface area contributed by atoms with Crippen LogP contribution in [0.4, 0.5) is 27.6 Å². The van der Waals surface area contributed by atoms with Crippen LogP contribution in [0.1, 0.15) is 30.7 Å². The highest BCUT2D eigenvalue weighted by atomic mass is 32.2. The van der Waals surface area contributed by atoms with Gasteiger partial charge in [-0.05, 0) is 37.3 Å². The largest absolute Gasteiger partial charge is 0.493 e. The predicted molar refractivity (Wildman–Crippen MR) is 107 cm³/mol. The zero-order chi connectivity index (χ0) is 24.6. The molecule has 0 spiro atoms. The maximum absolute atomic E-state index is 14.3. The first kappa shape index (κ1) is 24.8. The number of ether oxygens (including phenoxy) is 1. The fraction of sp³-hybridized carbons (Fsp3) is 0.400. The summed E-state index contributed by atoms with van der Waals surface area (Å²) in [4.78, 5) is 16.6. The first-order valence-electron chi connectivity index (χ1n) is 9.71. The summed E-state index contributed by atoms with van der Waals surface area (Å²) >= 11 is 0. The van der Waals surface area contributed by atoms with Crippen molar-refractivity contribution >= 4 is 21.6 Å². The van der Waals surface area contributed by atoms with Gasteiger partial charge in [0.25, 0.3) is 10.0 Å². The van der Waals surface area contributed by atoms with E-state index < -0.39 is 68.7 Å². The molecule has 2 aromatic rings. The molecule has 3 atom stereocenters. The maximum atomic E-state index is 14.3. The molecule has 0 bridgehead atoms. The number of sulfonamides is 1. The lowest BCUT2D eigenvalue weighted by molar-refractivity contribution is -0.187. The molecular formula is C20H20F5N3O4S. The van der Waals surface area contributed by atoms with Gasteiger partial charge in [-0.2, -0.15) is 17.6 Å². The Labute approximate surface area is 186 Å². The number of anilines is 1. The molecule has 0 aliphatic heterocycles. The Morgan fingerprint density at radius 3 is 2.52 bits per heavy atom. The summed E-state index contributed by atoms with van der Waals surface area (Å²) in [7, 11) is -3.10. The molecule has 3 rings (SSSR count). The Morgan fingerprint density at radius 2 is 1.91 bits per heavy atom. The molecule has 13 heteroatoms. The Bertz CT molecular complexity index is 1160. The van der Waals surface area contributed by atoms with Gasteiger partial charge in [-0.3, -0.25) is 4.79 Å². The van der Waals surface area contributed by atoms with Crippen LogP contribution in [0.15, 0.2) is 35.5 Å². The molecule has 7 nitrogen and oxygen atoms in total. The van der Waals surface area contributed by atoms with Gasteiger partial charge in [-0.25, -0.2) is 22.9 Å². The van der Waals surface area contributed by atoms with Crippen LogP contribution in [0.3, 0.4) is 0 Å². The van der Waals surface area contributed by atoms with Crippen LogP contribution in [0.2, 0.25) is 0 Å². The van der Waals surface area contributed by atoms with Crippen LogP contribution in [0.25, 0.3) is 0 Å². The monoisotopic (exact) mass is 493 g/mol. The van der Waals surface area contributed by atoms with Crippen molar-refractivity contribution in [2.75, 3.05) is 12.4 Å². The number of amides is 1. The Balaban J connectivity index is 1.98. The minimum Gasteiger partial charge on any atom is -0.493 e. The molecule has 180 valence electrons. The van der Waals surface area contributed by atoms with Gasteiger partial charge in [-0.1, -0.05) is 6.07 Å². The van der Waals surface area contributed by atoms with Crippen LogP contribution in [-0.2, 0) is 14.8 Å². The average Bonchev–Trinajstić information content (AvgIpc) is 2.74. The van der Waals surface area contributed by atoms with E-state index in [0.29, 0.717) is 0 Å². The van der Waals surface area contributed by atoms with Crippen LogP contribution in [-0.4, -0.2) is 32.6 Å². The van der Waals surface area contributed by atoms with Gasteiger partial charge in [0.2, 0.25) is 11.7 Å². The molecule has 33 heavy (non-hydrogen) atoms. The van der Waals surface area contributed by atoms with Gasteiger partial charge in [0, 0.05) is 29.4 Å². The van der Waals surface area contributed by atoms with Gasteiger partial charge in [0.1, 0.15) is 0 Å². The number of nitrogens with two attached hydrogens (primary N) is 1. The Kier molecular flexibility index (Phi) is 6.93. The quantitative estimate of drug-likeness (QED) is 0.617. The van der Waals surface area contributed by atoms with E-state index in [9.17, 15) is 35.2 Å². The minimum absolute atomic E-state index is 0.0517. The van der Waals surface area contributed by atoms with E-state index in [2.05, 4.69) is 10.3 Å². The third-order valence-corrected chi connectivity index (χ3v) is 6.43. The van der Waals surface area contributed by atoms with Gasteiger partial charge in [0.05, 0.1) is 13.0 Å². The number of carbonyl (C=O) groups is 1. The number of rotatable bonds is 5. The SMILES string of the molecule is COc1c(C2CC[C@H](C(F)(F)F)C[C@@H]2C(=O)Nc2ccnc(S(N)(=O)=O)c2)ccc(F)c1F. The molecule has 1 aromatic carbocycles. The third kappa shape index (κ3) is 5.41. The van der Waals surface area contributed by atoms with E-state index >= 15 is 0 Å². The van der Waals surface area contributed by atoms with Crippen molar-refractivity contribution < 1.29 is 39.9 Å². The zero-order valence-electron chi connectivity index (χ0n) is 17.2. The number of primary sulfonamides is 1. The Morgan fingerprint density at radius 1 is 1.21 bits per heavy atom. The summed E-state index contributed by atoms with van der Waals surface area (Å²) in [6.07, 6.45) is -4.55. The van der Waals surface area contributed by atoms with Crippen LogP contribution in [0.5, 0.6) is 5.75 Å². The number of hydrogen-bond donors (Lipinski definition) is 2. The molecule has 1 heterocycles. The number of carbonyl (C=O) groups excluding carboxylic acids is 1. The van der Waals surface area contributed by atoms with Crippen molar-refractivity contribution in [3.63, 3.8) is 0 Å². The standard InChI is InChI=1S/C20H20F5N3O4S/c1-32-18-13(4-5-15(21)17(18)22)12-3-2-10(20(23,24)25)8-14(12)19(29)28-11-6-7-27-16(9-11)33(26,30)31/h4-7,9-10,12,14H,2-3,8H2,1H3,(H2,26,30,31)(H,27,28,29)/t10-,12?,14-/m0/s1. The molecule has 1 unspecified atom stereocenters. The van der Waals surface area contributed by atoms with Crippen molar-refractivity contribution in [1.29, 1.82) is 0 Å². The smallest absolute Gasteiger partial charge is 0.391 e. The van der Waals surface area contributed by atoms with Crippen LogP contribution in [0, 0.1) is 23.5 Å². The van der Waals surface area contributed by atoms with E-state index in [0.717, 1.165) is 25.4 Å². The number of nitrogens with one attached hydrogen (secondary N) is 1. The fourth-order valence-corrected chi connectivity index (χ4v) is 4.55. The third-order valence-electron chi connectivity index (χ3n) is 5.63. The second kappa shape index (κ2) is 9.21. The van der Waals surface area contributed by atoms with Crippen molar-refractivity contribution in [3.05, 3.63) is 47.7 Å². The first-order chi connectivity index (χ1) is 15.3. The van der Waals surface area contributed by atoms with Crippen LogP contribution < -0.4 is 15.2 Å². The molecule has 1 amide bonds. The van der Waals surface area contributed by atoms with Gasteiger partial charge in [0.15, 0.2) is 16.6 Å². The molecule has 0 saturated heterocycles. The zero-order valence-corrected chi connectivity index (χ0v) is 18.0. The summed E-state index contributed by atoms with van der Waals surface area (Å²) in [6.45, 7) is 0. The lowest BCUT2D eigenvalue weighted by atomic mass is 9.70. The number of benzene rings is 1. The summed E-state index contributed by atoms with van der Waals surface area (Å²) < 4.78 is 96.1. The predicted octanol–water partition coefficient (Wildman–Crippen LogP) is 3.72. The molecule has 1 aliphatic rings. The number of hydrogen-bond acceptors (Lipinski definition) is 5. The highest BCUT2D eigenvalue weighted by Crippen LogP contribution is 2.48. The maximum Gasteiger partial charge on any atom is 0.391 e. The average molecular weight is 493 g/mol. The molecular weight excluding hydrogens is 473 g/mol. The number of alkyl halides is 3. The second-order valence-corrected chi connectivity index (χ2v) is 9.17. The number of methoxy groups -OCH3 is 1. The van der Waals surface area contributed by atoms with Gasteiger partial charge >= 0.3 is 6.18 Å². The van der Waals surface area contributed by atoms with E-state index in [-0.39, 0.29) is 24.1 Å².